The van der Waals surface area contributed by atoms with Crippen LogP contribution in [0, 0.1) is 0 Å². The van der Waals surface area contributed by atoms with Crippen LogP contribution in [0.4, 0.5) is 0 Å². The monoisotopic (exact) mass is 446 g/mol. The molecule has 1 heterocycles. The van der Waals surface area contributed by atoms with Gasteiger partial charge in [0.05, 0.1) is 32.7 Å². The molecule has 0 aliphatic heterocycles. The molecule has 0 saturated heterocycles. The van der Waals surface area contributed by atoms with E-state index < -0.39 is 8.07 Å². The van der Waals surface area contributed by atoms with Crippen molar-refractivity contribution in [2.24, 2.45) is 0 Å². The third kappa shape index (κ3) is 8.59. The predicted molar refractivity (Wildman–Crippen MR) is 127 cm³/mol. The van der Waals surface area contributed by atoms with Crippen molar-refractivity contribution >= 4 is 8.07 Å². The minimum absolute atomic E-state index is 0.176. The average molecular weight is 447 g/mol. The van der Waals surface area contributed by atoms with Crippen molar-refractivity contribution in [3.05, 3.63) is 47.3 Å². The molecule has 172 valence electrons. The van der Waals surface area contributed by atoms with Crippen molar-refractivity contribution in [3.8, 4) is 11.5 Å². The Morgan fingerprint density at radius 3 is 2.42 bits per heavy atom. The number of nitrogens with zero attached hydrogens (tertiary/aromatic N) is 2. The van der Waals surface area contributed by atoms with E-state index in [1.165, 1.54) is 0 Å². The predicted octanol–water partition coefficient (Wildman–Crippen LogP) is 4.89. The second-order valence-electron chi connectivity index (χ2n) is 9.68. The molecule has 0 aliphatic carbocycles. The summed E-state index contributed by atoms with van der Waals surface area (Å²) in [5, 5.41) is 8.56. The van der Waals surface area contributed by atoms with Gasteiger partial charge in [0.1, 0.15) is 18.3 Å². The lowest BCUT2D eigenvalue weighted by Crippen LogP contribution is -2.26. The summed E-state index contributed by atoms with van der Waals surface area (Å²) in [7, 11) is 2.26. The fourth-order valence-corrected chi connectivity index (χ4v) is 3.86. The minimum Gasteiger partial charge on any atom is -0.497 e. The summed E-state index contributed by atoms with van der Waals surface area (Å²) in [5.74, 6) is 1.61. The van der Waals surface area contributed by atoms with Crippen molar-refractivity contribution in [1.29, 1.82) is 0 Å². The van der Waals surface area contributed by atoms with Gasteiger partial charge in [-0.2, -0.15) is 10.2 Å². The SMILES string of the molecule is COc1ccc(CCc2cc(C(C)(C)COCOCC[Si](C)(C)C)cnn2)c(OC)c1. The Hall–Kier alpha value is -1.96. The average Bonchev–Trinajstić information content (AvgIpc) is 2.74. The van der Waals surface area contributed by atoms with Crippen LogP contribution in [0.1, 0.15) is 30.7 Å². The molecule has 0 radical (unpaired) electrons. The van der Waals surface area contributed by atoms with Crippen LogP contribution < -0.4 is 9.47 Å². The standard InChI is InChI=1S/C24H38N2O4Si/c1-24(2,17-30-18-29-12-13-31(5,6)7)20-14-21(26-25-16-20)10-8-19-9-11-22(27-3)15-23(19)28-4/h9,11,14-16H,8,10,12-13,17-18H2,1-7H3. The summed E-state index contributed by atoms with van der Waals surface area (Å²) in [4.78, 5) is 0. The van der Waals surface area contributed by atoms with Crippen LogP contribution >= 0.6 is 0 Å². The van der Waals surface area contributed by atoms with E-state index in [1.807, 2.05) is 24.4 Å². The van der Waals surface area contributed by atoms with E-state index in [2.05, 4.69) is 49.8 Å². The molecule has 1 aromatic carbocycles. The van der Waals surface area contributed by atoms with Gasteiger partial charge in [-0.15, -0.1) is 0 Å². The Morgan fingerprint density at radius 2 is 1.74 bits per heavy atom. The zero-order chi connectivity index (χ0) is 22.9. The van der Waals surface area contributed by atoms with Gasteiger partial charge in [0.15, 0.2) is 0 Å². The molecule has 31 heavy (non-hydrogen) atoms. The van der Waals surface area contributed by atoms with Crippen molar-refractivity contribution in [1.82, 2.24) is 10.2 Å². The van der Waals surface area contributed by atoms with E-state index in [0.29, 0.717) is 13.4 Å². The molecule has 0 atom stereocenters. The lowest BCUT2D eigenvalue weighted by molar-refractivity contribution is -0.0623. The number of methoxy groups -OCH3 is 2. The van der Waals surface area contributed by atoms with Crippen LogP contribution in [0.2, 0.25) is 25.7 Å². The normalized spacial score (nSPS) is 12.1. The fourth-order valence-electron chi connectivity index (χ4n) is 3.10. The molecule has 6 nitrogen and oxygen atoms in total. The first kappa shape index (κ1) is 25.3. The van der Waals surface area contributed by atoms with Crippen LogP contribution in [0.5, 0.6) is 11.5 Å². The second kappa shape index (κ2) is 11.6. The molecule has 0 spiro atoms. The maximum atomic E-state index is 5.81. The number of benzene rings is 1. The van der Waals surface area contributed by atoms with Crippen molar-refractivity contribution in [3.63, 3.8) is 0 Å². The van der Waals surface area contributed by atoms with Crippen molar-refractivity contribution in [2.45, 2.75) is 57.8 Å². The number of aromatic nitrogens is 2. The molecule has 1 aromatic heterocycles. The van der Waals surface area contributed by atoms with E-state index in [0.717, 1.165) is 53.8 Å². The molecule has 2 aromatic rings. The Balaban J connectivity index is 1.90. The lowest BCUT2D eigenvalue weighted by Gasteiger charge is -2.25. The smallest absolute Gasteiger partial charge is 0.146 e. The van der Waals surface area contributed by atoms with Gasteiger partial charge in [0.2, 0.25) is 0 Å². The number of aryl methyl sites for hydroxylation is 2. The first-order valence-corrected chi connectivity index (χ1v) is 14.5. The molecule has 0 fully saturated rings. The molecule has 7 heteroatoms. The summed E-state index contributed by atoms with van der Waals surface area (Å²) in [6, 6.07) is 9.17. The largest absolute Gasteiger partial charge is 0.497 e. The maximum absolute atomic E-state index is 5.81. The van der Waals surface area contributed by atoms with Crippen LogP contribution in [-0.2, 0) is 27.7 Å². The number of hydrogen-bond donors (Lipinski definition) is 0. The number of ether oxygens (including phenoxy) is 4. The Kier molecular flexibility index (Phi) is 9.46. The van der Waals surface area contributed by atoms with Gasteiger partial charge in [0.25, 0.3) is 0 Å². The van der Waals surface area contributed by atoms with Gasteiger partial charge in [-0.1, -0.05) is 39.6 Å². The summed E-state index contributed by atoms with van der Waals surface area (Å²) in [5.41, 5.74) is 3.01. The third-order valence-corrected chi connectivity index (χ3v) is 6.96. The topological polar surface area (TPSA) is 62.7 Å². The van der Waals surface area contributed by atoms with Gasteiger partial charge in [-0.25, -0.2) is 0 Å². The Bertz CT molecular complexity index is 821. The van der Waals surface area contributed by atoms with Gasteiger partial charge in [0, 0.05) is 26.2 Å². The number of hydrogen-bond acceptors (Lipinski definition) is 6. The Morgan fingerprint density at radius 1 is 0.968 bits per heavy atom. The van der Waals surface area contributed by atoms with Crippen LogP contribution in [-0.4, -0.2) is 52.5 Å². The summed E-state index contributed by atoms with van der Waals surface area (Å²) in [6.45, 7) is 13.0. The van der Waals surface area contributed by atoms with E-state index in [1.54, 1.807) is 14.2 Å². The molecule has 0 unspecified atom stereocenters. The van der Waals surface area contributed by atoms with E-state index in [-0.39, 0.29) is 5.41 Å². The lowest BCUT2D eigenvalue weighted by atomic mass is 9.86. The molecule has 0 saturated carbocycles. The van der Waals surface area contributed by atoms with Gasteiger partial charge < -0.3 is 18.9 Å². The summed E-state index contributed by atoms with van der Waals surface area (Å²) in [6.07, 6.45) is 3.42. The van der Waals surface area contributed by atoms with Gasteiger partial charge >= 0.3 is 0 Å². The van der Waals surface area contributed by atoms with Crippen molar-refractivity contribution < 1.29 is 18.9 Å². The van der Waals surface area contributed by atoms with Crippen molar-refractivity contribution in [2.75, 3.05) is 34.2 Å². The highest BCUT2D eigenvalue weighted by Crippen LogP contribution is 2.27. The highest BCUT2D eigenvalue weighted by molar-refractivity contribution is 6.76. The molecular formula is C24H38N2O4Si. The highest BCUT2D eigenvalue weighted by atomic mass is 28.3. The van der Waals surface area contributed by atoms with Gasteiger partial charge in [-0.05, 0) is 42.1 Å². The summed E-state index contributed by atoms with van der Waals surface area (Å²) >= 11 is 0. The van der Waals surface area contributed by atoms with Gasteiger partial charge in [-0.3, -0.25) is 0 Å². The molecule has 0 N–H and O–H groups in total. The Labute approximate surface area is 188 Å². The molecule has 0 amide bonds. The van der Waals surface area contributed by atoms with Crippen LogP contribution in [0.15, 0.2) is 30.5 Å². The first-order chi connectivity index (χ1) is 14.6. The van der Waals surface area contributed by atoms with E-state index in [9.17, 15) is 0 Å². The zero-order valence-electron chi connectivity index (χ0n) is 20.2. The molecular weight excluding hydrogens is 408 g/mol. The van der Waals surface area contributed by atoms with E-state index >= 15 is 0 Å². The van der Waals surface area contributed by atoms with Crippen LogP contribution in [0.25, 0.3) is 0 Å². The number of rotatable bonds is 13. The quantitative estimate of drug-likeness (QED) is 0.248. The molecule has 0 aliphatic rings. The molecule has 2 rings (SSSR count). The second-order valence-corrected chi connectivity index (χ2v) is 15.3. The fraction of sp³-hybridized carbons (Fsp3) is 0.583. The maximum Gasteiger partial charge on any atom is 0.146 e. The zero-order valence-corrected chi connectivity index (χ0v) is 21.2. The summed E-state index contributed by atoms with van der Waals surface area (Å²) < 4.78 is 22.2. The third-order valence-electron chi connectivity index (χ3n) is 5.26. The first-order valence-electron chi connectivity index (χ1n) is 10.8. The van der Waals surface area contributed by atoms with Crippen LogP contribution in [0.3, 0.4) is 0 Å². The highest BCUT2D eigenvalue weighted by Gasteiger charge is 2.22. The minimum atomic E-state index is -1.07. The molecule has 0 bridgehead atoms. The van der Waals surface area contributed by atoms with E-state index in [4.69, 9.17) is 18.9 Å².